The molecule has 1 aliphatic rings. The number of fused-ring (bicyclic) bond motifs is 1. The highest BCUT2D eigenvalue weighted by Crippen LogP contribution is 2.16. The summed E-state index contributed by atoms with van der Waals surface area (Å²) in [6, 6.07) is 10.0. The fourth-order valence-electron chi connectivity index (χ4n) is 2.30. The largest absolute Gasteiger partial charge is 0.347 e. The van der Waals surface area contributed by atoms with E-state index in [0.717, 1.165) is 25.1 Å². The van der Waals surface area contributed by atoms with E-state index in [1.807, 2.05) is 29.6 Å². The summed E-state index contributed by atoms with van der Waals surface area (Å²) in [5.41, 5.74) is 3.35. The van der Waals surface area contributed by atoms with Crippen molar-refractivity contribution >= 4 is 17.2 Å². The van der Waals surface area contributed by atoms with Gasteiger partial charge in [-0.05, 0) is 47.7 Å². The molecule has 1 aliphatic heterocycles. The molecule has 3 rings (SSSR count). The third-order valence-corrected chi connectivity index (χ3v) is 4.23. The number of thiophene rings is 1. The molecule has 0 aliphatic carbocycles. The Morgan fingerprint density at radius 3 is 3.11 bits per heavy atom. The van der Waals surface area contributed by atoms with Crippen LogP contribution in [0.1, 0.15) is 26.4 Å². The number of benzene rings is 1. The molecule has 98 valence electrons. The number of rotatable bonds is 3. The maximum atomic E-state index is 12.1. The Morgan fingerprint density at radius 2 is 2.26 bits per heavy atom. The predicted octanol–water partition coefficient (Wildman–Crippen LogP) is 2.32. The lowest BCUT2D eigenvalue weighted by atomic mass is 9.98. The first-order valence-electron chi connectivity index (χ1n) is 6.46. The summed E-state index contributed by atoms with van der Waals surface area (Å²) in [6.45, 7) is 2.49. The Balaban J connectivity index is 1.69. The van der Waals surface area contributed by atoms with E-state index < -0.39 is 0 Å². The minimum Gasteiger partial charge on any atom is -0.347 e. The van der Waals surface area contributed by atoms with E-state index in [-0.39, 0.29) is 5.91 Å². The molecule has 1 aromatic heterocycles. The Hall–Kier alpha value is -1.65. The highest BCUT2D eigenvalue weighted by molar-refractivity contribution is 7.09. The summed E-state index contributed by atoms with van der Waals surface area (Å²) in [5, 5.41) is 8.31. The van der Waals surface area contributed by atoms with Crippen molar-refractivity contribution in [3.63, 3.8) is 0 Å². The number of carbonyl (C=O) groups excluding carboxylic acids is 1. The zero-order chi connectivity index (χ0) is 13.1. The summed E-state index contributed by atoms with van der Waals surface area (Å²) >= 11 is 1.66. The van der Waals surface area contributed by atoms with Gasteiger partial charge >= 0.3 is 0 Å². The van der Waals surface area contributed by atoms with E-state index in [2.05, 4.69) is 16.7 Å². The second-order valence-corrected chi connectivity index (χ2v) is 5.70. The van der Waals surface area contributed by atoms with E-state index >= 15 is 0 Å². The standard InChI is InChI=1S/C15H16N2OS/c18-15(17-10-14-2-1-7-19-14)12-4-3-11-5-6-16-9-13(11)8-12/h1-4,7-8,16H,5-6,9-10H2,(H,17,18). The van der Waals surface area contributed by atoms with Gasteiger partial charge in [0, 0.05) is 17.0 Å². The van der Waals surface area contributed by atoms with Crippen LogP contribution in [-0.4, -0.2) is 12.5 Å². The van der Waals surface area contributed by atoms with Gasteiger partial charge < -0.3 is 10.6 Å². The Morgan fingerprint density at radius 1 is 1.32 bits per heavy atom. The number of carbonyl (C=O) groups is 1. The van der Waals surface area contributed by atoms with Crippen molar-refractivity contribution in [1.29, 1.82) is 0 Å². The molecule has 0 spiro atoms. The number of amides is 1. The molecule has 4 heteroatoms. The second-order valence-electron chi connectivity index (χ2n) is 4.67. The summed E-state index contributed by atoms with van der Waals surface area (Å²) < 4.78 is 0. The molecular weight excluding hydrogens is 256 g/mol. The van der Waals surface area contributed by atoms with Crippen LogP contribution in [0, 0.1) is 0 Å². The monoisotopic (exact) mass is 272 g/mol. The molecule has 0 bridgehead atoms. The third kappa shape index (κ3) is 2.85. The number of nitrogens with one attached hydrogen (secondary N) is 2. The van der Waals surface area contributed by atoms with E-state index in [4.69, 9.17) is 0 Å². The summed E-state index contributed by atoms with van der Waals surface area (Å²) in [7, 11) is 0. The lowest BCUT2D eigenvalue weighted by molar-refractivity contribution is 0.0951. The molecule has 0 saturated heterocycles. The maximum Gasteiger partial charge on any atom is 0.251 e. The molecule has 2 heterocycles. The Bertz CT molecular complexity index is 578. The number of hydrogen-bond acceptors (Lipinski definition) is 3. The lowest BCUT2D eigenvalue weighted by Gasteiger charge is -2.17. The van der Waals surface area contributed by atoms with Crippen LogP contribution in [-0.2, 0) is 19.5 Å². The minimum absolute atomic E-state index is 0.00164. The van der Waals surface area contributed by atoms with Crippen molar-refractivity contribution in [2.24, 2.45) is 0 Å². The first kappa shape index (κ1) is 12.4. The number of hydrogen-bond donors (Lipinski definition) is 2. The topological polar surface area (TPSA) is 41.1 Å². The minimum atomic E-state index is 0.00164. The Labute approximate surface area is 116 Å². The van der Waals surface area contributed by atoms with Gasteiger partial charge in [0.1, 0.15) is 0 Å². The quantitative estimate of drug-likeness (QED) is 0.900. The molecule has 0 radical (unpaired) electrons. The molecule has 19 heavy (non-hydrogen) atoms. The van der Waals surface area contributed by atoms with E-state index in [1.165, 1.54) is 16.0 Å². The molecule has 3 nitrogen and oxygen atoms in total. The van der Waals surface area contributed by atoms with Gasteiger partial charge in [-0.2, -0.15) is 0 Å². The van der Waals surface area contributed by atoms with Crippen molar-refractivity contribution in [2.45, 2.75) is 19.5 Å². The van der Waals surface area contributed by atoms with Crippen LogP contribution in [0.15, 0.2) is 35.7 Å². The first-order chi connectivity index (χ1) is 9.33. The fourth-order valence-corrected chi connectivity index (χ4v) is 2.95. The van der Waals surface area contributed by atoms with Gasteiger partial charge in [0.15, 0.2) is 0 Å². The van der Waals surface area contributed by atoms with E-state index in [1.54, 1.807) is 11.3 Å². The van der Waals surface area contributed by atoms with Gasteiger partial charge in [0.2, 0.25) is 0 Å². The molecule has 1 amide bonds. The predicted molar refractivity (Wildman–Crippen MR) is 77.3 cm³/mol. The molecule has 0 fully saturated rings. The summed E-state index contributed by atoms with van der Waals surface area (Å²) in [5.74, 6) is 0.00164. The first-order valence-corrected chi connectivity index (χ1v) is 7.34. The lowest BCUT2D eigenvalue weighted by Crippen LogP contribution is -2.26. The summed E-state index contributed by atoms with van der Waals surface area (Å²) in [4.78, 5) is 13.3. The molecule has 0 unspecified atom stereocenters. The van der Waals surface area contributed by atoms with Crippen molar-refractivity contribution in [2.75, 3.05) is 6.54 Å². The maximum absolute atomic E-state index is 12.1. The van der Waals surface area contributed by atoms with Crippen LogP contribution < -0.4 is 10.6 Å². The van der Waals surface area contributed by atoms with Crippen molar-refractivity contribution in [3.05, 3.63) is 57.3 Å². The average Bonchev–Trinajstić information content (AvgIpc) is 2.97. The van der Waals surface area contributed by atoms with E-state index in [0.29, 0.717) is 6.54 Å². The molecule has 0 saturated carbocycles. The average molecular weight is 272 g/mol. The van der Waals surface area contributed by atoms with Gasteiger partial charge in [-0.1, -0.05) is 12.1 Å². The van der Waals surface area contributed by atoms with Crippen LogP contribution in [0.2, 0.25) is 0 Å². The molecular formula is C15H16N2OS. The zero-order valence-electron chi connectivity index (χ0n) is 10.6. The molecule has 2 aromatic rings. The second kappa shape index (κ2) is 5.55. The molecule has 0 atom stereocenters. The molecule has 2 N–H and O–H groups in total. The van der Waals surface area contributed by atoms with Crippen molar-refractivity contribution in [3.8, 4) is 0 Å². The van der Waals surface area contributed by atoms with Gasteiger partial charge in [0.25, 0.3) is 5.91 Å². The van der Waals surface area contributed by atoms with Crippen molar-refractivity contribution < 1.29 is 4.79 Å². The Kier molecular flexibility index (Phi) is 3.62. The van der Waals surface area contributed by atoms with Gasteiger partial charge in [0.05, 0.1) is 6.54 Å². The fraction of sp³-hybridized carbons (Fsp3) is 0.267. The van der Waals surface area contributed by atoms with Crippen LogP contribution in [0.25, 0.3) is 0 Å². The SMILES string of the molecule is O=C(NCc1cccs1)c1ccc2c(c1)CNCC2. The van der Waals surface area contributed by atoms with Gasteiger partial charge in [-0.15, -0.1) is 11.3 Å². The summed E-state index contributed by atoms with van der Waals surface area (Å²) in [6.07, 6.45) is 1.05. The molecule has 1 aromatic carbocycles. The van der Waals surface area contributed by atoms with E-state index in [9.17, 15) is 4.79 Å². The highest BCUT2D eigenvalue weighted by atomic mass is 32.1. The van der Waals surface area contributed by atoms with Crippen LogP contribution >= 0.6 is 11.3 Å². The smallest absolute Gasteiger partial charge is 0.251 e. The van der Waals surface area contributed by atoms with Gasteiger partial charge in [-0.3, -0.25) is 4.79 Å². The van der Waals surface area contributed by atoms with Crippen LogP contribution in [0.4, 0.5) is 0 Å². The highest BCUT2D eigenvalue weighted by Gasteiger charge is 2.12. The third-order valence-electron chi connectivity index (χ3n) is 3.36. The van der Waals surface area contributed by atoms with Gasteiger partial charge in [-0.25, -0.2) is 0 Å². The zero-order valence-corrected chi connectivity index (χ0v) is 11.4. The van der Waals surface area contributed by atoms with Crippen LogP contribution in [0.3, 0.4) is 0 Å². The normalized spacial score (nSPS) is 13.9. The van der Waals surface area contributed by atoms with Crippen LogP contribution in [0.5, 0.6) is 0 Å². The van der Waals surface area contributed by atoms with Crippen molar-refractivity contribution in [1.82, 2.24) is 10.6 Å².